The van der Waals surface area contributed by atoms with Crippen LogP contribution in [0, 0.1) is 6.92 Å². The van der Waals surface area contributed by atoms with Gasteiger partial charge in [-0.3, -0.25) is 14.4 Å². The quantitative estimate of drug-likeness (QED) is 0.794. The minimum absolute atomic E-state index is 0.173. The average Bonchev–Trinajstić information content (AvgIpc) is 2.71. The monoisotopic (exact) mass is 395 g/mol. The summed E-state index contributed by atoms with van der Waals surface area (Å²) in [6.07, 6.45) is 0. The minimum Gasteiger partial charge on any atom is -0.486 e. The highest BCUT2D eigenvalue weighted by molar-refractivity contribution is 6.41. The van der Waals surface area contributed by atoms with Crippen LogP contribution in [0.15, 0.2) is 42.5 Å². The number of carbonyl (C=O) groups is 3. The number of hydrogen-bond donors (Lipinski definition) is 1. The molecule has 0 radical (unpaired) electrons. The van der Waals surface area contributed by atoms with E-state index in [2.05, 4.69) is 5.32 Å². The van der Waals surface area contributed by atoms with Gasteiger partial charge in [-0.25, -0.2) is 0 Å². The molecule has 4 rings (SSSR count). The van der Waals surface area contributed by atoms with Gasteiger partial charge in [0.1, 0.15) is 19.8 Å². The van der Waals surface area contributed by atoms with Crippen molar-refractivity contribution in [2.24, 2.45) is 0 Å². The second-order valence-electron chi connectivity index (χ2n) is 6.93. The van der Waals surface area contributed by atoms with E-state index >= 15 is 0 Å². The van der Waals surface area contributed by atoms with Crippen molar-refractivity contribution in [2.75, 3.05) is 43.1 Å². The lowest BCUT2D eigenvalue weighted by molar-refractivity contribution is -0.147. The summed E-state index contributed by atoms with van der Waals surface area (Å²) in [5.41, 5.74) is 2.24. The van der Waals surface area contributed by atoms with Crippen LogP contribution < -0.4 is 19.7 Å². The standard InChI is InChI=1S/C21H21N3O5/c1-14-3-2-4-15(11-14)22-19(25)13-23-7-8-24(21(27)20(23)26)16-5-6-17-18(12-16)29-10-9-28-17/h2-6,11-12H,7-10,13H2,1H3,(H,22,25). The number of anilines is 2. The summed E-state index contributed by atoms with van der Waals surface area (Å²) in [5.74, 6) is -0.550. The molecule has 2 heterocycles. The highest BCUT2D eigenvalue weighted by Crippen LogP contribution is 2.34. The van der Waals surface area contributed by atoms with Crippen molar-refractivity contribution >= 4 is 29.1 Å². The molecule has 2 aliphatic heterocycles. The minimum atomic E-state index is -0.703. The number of ether oxygens (including phenoxy) is 2. The molecule has 0 aliphatic carbocycles. The number of aryl methyl sites for hydroxylation is 1. The summed E-state index contributed by atoms with van der Waals surface area (Å²) >= 11 is 0. The fourth-order valence-corrected chi connectivity index (χ4v) is 3.37. The van der Waals surface area contributed by atoms with E-state index in [9.17, 15) is 14.4 Å². The summed E-state index contributed by atoms with van der Waals surface area (Å²) in [6, 6.07) is 12.5. The molecule has 0 unspecified atom stereocenters. The number of hydrogen-bond acceptors (Lipinski definition) is 5. The summed E-state index contributed by atoms with van der Waals surface area (Å²) in [6.45, 7) is 3.23. The fraction of sp³-hybridized carbons (Fsp3) is 0.286. The highest BCUT2D eigenvalue weighted by Gasteiger charge is 2.34. The van der Waals surface area contributed by atoms with Crippen LogP contribution in [-0.4, -0.2) is 55.5 Å². The molecule has 0 atom stereocenters. The largest absolute Gasteiger partial charge is 0.486 e. The van der Waals surface area contributed by atoms with Crippen LogP contribution in [0.25, 0.3) is 0 Å². The molecule has 8 heteroatoms. The van der Waals surface area contributed by atoms with Gasteiger partial charge in [0.05, 0.1) is 0 Å². The van der Waals surface area contributed by atoms with Crippen molar-refractivity contribution in [3.05, 3.63) is 48.0 Å². The molecule has 3 amide bonds. The molecule has 0 aromatic heterocycles. The maximum absolute atomic E-state index is 12.6. The van der Waals surface area contributed by atoms with Gasteiger partial charge in [0.25, 0.3) is 0 Å². The van der Waals surface area contributed by atoms with E-state index in [-0.39, 0.29) is 19.0 Å². The molecule has 150 valence electrons. The number of amides is 3. The van der Waals surface area contributed by atoms with Gasteiger partial charge < -0.3 is 24.6 Å². The van der Waals surface area contributed by atoms with Crippen LogP contribution in [0.1, 0.15) is 5.56 Å². The van der Waals surface area contributed by atoms with Crippen molar-refractivity contribution in [3.63, 3.8) is 0 Å². The zero-order valence-electron chi connectivity index (χ0n) is 16.0. The Labute approximate surface area is 168 Å². The first-order chi connectivity index (χ1) is 14.0. The number of benzene rings is 2. The third kappa shape index (κ3) is 4.01. The van der Waals surface area contributed by atoms with Crippen molar-refractivity contribution < 1.29 is 23.9 Å². The Morgan fingerprint density at radius 3 is 2.59 bits per heavy atom. The van der Waals surface area contributed by atoms with Crippen LogP contribution >= 0.6 is 0 Å². The van der Waals surface area contributed by atoms with Gasteiger partial charge in [-0.15, -0.1) is 0 Å². The number of nitrogens with zero attached hydrogens (tertiary/aromatic N) is 2. The van der Waals surface area contributed by atoms with Gasteiger partial charge in [-0.1, -0.05) is 12.1 Å². The predicted octanol–water partition coefficient (Wildman–Crippen LogP) is 1.58. The van der Waals surface area contributed by atoms with Gasteiger partial charge in [0, 0.05) is 30.5 Å². The Bertz CT molecular complexity index is 975. The first-order valence-corrected chi connectivity index (χ1v) is 9.38. The lowest BCUT2D eigenvalue weighted by atomic mass is 10.2. The summed E-state index contributed by atoms with van der Waals surface area (Å²) in [4.78, 5) is 40.1. The lowest BCUT2D eigenvalue weighted by Crippen LogP contribution is -2.56. The van der Waals surface area contributed by atoms with Gasteiger partial charge in [0.2, 0.25) is 5.91 Å². The Balaban J connectivity index is 1.41. The molecule has 1 N–H and O–H groups in total. The first-order valence-electron chi connectivity index (χ1n) is 9.38. The first kappa shape index (κ1) is 18.8. The number of nitrogens with one attached hydrogen (secondary N) is 1. The molecule has 2 aromatic carbocycles. The van der Waals surface area contributed by atoms with E-state index in [0.29, 0.717) is 42.6 Å². The molecule has 1 fully saturated rings. The molecule has 0 saturated carbocycles. The maximum atomic E-state index is 12.6. The van der Waals surface area contributed by atoms with E-state index in [0.717, 1.165) is 5.56 Å². The Morgan fingerprint density at radius 2 is 1.79 bits per heavy atom. The molecular formula is C21H21N3O5. The van der Waals surface area contributed by atoms with Crippen LogP contribution in [-0.2, 0) is 14.4 Å². The maximum Gasteiger partial charge on any atom is 0.316 e. The van der Waals surface area contributed by atoms with Crippen molar-refractivity contribution in [3.8, 4) is 11.5 Å². The Morgan fingerprint density at radius 1 is 1.00 bits per heavy atom. The highest BCUT2D eigenvalue weighted by atomic mass is 16.6. The molecule has 29 heavy (non-hydrogen) atoms. The SMILES string of the molecule is Cc1cccc(NC(=O)CN2CCN(c3ccc4c(c3)OCCO4)C(=O)C2=O)c1. The molecule has 1 saturated heterocycles. The second kappa shape index (κ2) is 7.83. The number of fused-ring (bicyclic) bond motifs is 1. The van der Waals surface area contributed by atoms with Crippen molar-refractivity contribution in [1.29, 1.82) is 0 Å². The Hall–Kier alpha value is -3.55. The predicted molar refractivity (Wildman–Crippen MR) is 106 cm³/mol. The molecule has 2 aromatic rings. The van der Waals surface area contributed by atoms with Gasteiger partial charge >= 0.3 is 11.8 Å². The summed E-state index contributed by atoms with van der Waals surface area (Å²) < 4.78 is 11.0. The fourth-order valence-electron chi connectivity index (χ4n) is 3.37. The third-order valence-electron chi connectivity index (χ3n) is 4.78. The number of carbonyl (C=O) groups excluding carboxylic acids is 3. The molecule has 2 aliphatic rings. The second-order valence-corrected chi connectivity index (χ2v) is 6.93. The van der Waals surface area contributed by atoms with E-state index in [1.165, 1.54) is 9.80 Å². The van der Waals surface area contributed by atoms with E-state index in [4.69, 9.17) is 9.47 Å². The molecule has 0 bridgehead atoms. The summed E-state index contributed by atoms with van der Waals surface area (Å²) in [7, 11) is 0. The van der Waals surface area contributed by atoms with Gasteiger partial charge in [0.15, 0.2) is 11.5 Å². The smallest absolute Gasteiger partial charge is 0.316 e. The van der Waals surface area contributed by atoms with Gasteiger partial charge in [-0.2, -0.15) is 0 Å². The zero-order valence-corrected chi connectivity index (χ0v) is 16.0. The number of piperazine rings is 1. The molecule has 8 nitrogen and oxygen atoms in total. The molecule has 0 spiro atoms. The Kier molecular flexibility index (Phi) is 5.07. The van der Waals surface area contributed by atoms with E-state index < -0.39 is 11.8 Å². The average molecular weight is 395 g/mol. The van der Waals surface area contributed by atoms with Crippen LogP contribution in [0.3, 0.4) is 0 Å². The van der Waals surface area contributed by atoms with E-state index in [1.54, 1.807) is 24.3 Å². The third-order valence-corrected chi connectivity index (χ3v) is 4.78. The topological polar surface area (TPSA) is 88.2 Å². The van der Waals surface area contributed by atoms with Gasteiger partial charge in [-0.05, 0) is 36.8 Å². The normalized spacial score (nSPS) is 16.0. The molecular weight excluding hydrogens is 374 g/mol. The van der Waals surface area contributed by atoms with Crippen LogP contribution in [0.2, 0.25) is 0 Å². The van der Waals surface area contributed by atoms with E-state index in [1.807, 2.05) is 25.1 Å². The summed E-state index contributed by atoms with van der Waals surface area (Å²) in [5, 5.41) is 2.75. The van der Waals surface area contributed by atoms with Crippen LogP contribution in [0.4, 0.5) is 11.4 Å². The van der Waals surface area contributed by atoms with Crippen molar-refractivity contribution in [2.45, 2.75) is 6.92 Å². The zero-order chi connectivity index (χ0) is 20.4. The van der Waals surface area contributed by atoms with Crippen LogP contribution in [0.5, 0.6) is 11.5 Å². The lowest BCUT2D eigenvalue weighted by Gasteiger charge is -2.33. The number of rotatable bonds is 4. The van der Waals surface area contributed by atoms with Crippen molar-refractivity contribution in [1.82, 2.24) is 4.90 Å².